The summed E-state index contributed by atoms with van der Waals surface area (Å²) in [5, 5.41) is 0. The molecule has 2 aliphatic rings. The van der Waals surface area contributed by atoms with Gasteiger partial charge in [0.2, 0.25) is 0 Å². The van der Waals surface area contributed by atoms with Gasteiger partial charge in [-0.15, -0.1) is 0 Å². The number of hydrogen-bond acceptors (Lipinski definition) is 3. The van der Waals surface area contributed by atoms with Crippen molar-refractivity contribution in [2.75, 3.05) is 31.6 Å². The van der Waals surface area contributed by atoms with Crippen LogP contribution in [-0.2, 0) is 0 Å². The molecular formula is C18H21N2OS. The van der Waals surface area contributed by atoms with Crippen LogP contribution in [0.5, 0.6) is 0 Å². The minimum absolute atomic E-state index is 0. The summed E-state index contributed by atoms with van der Waals surface area (Å²) in [6.45, 7) is 3.57. The van der Waals surface area contributed by atoms with Gasteiger partial charge in [0, 0.05) is 22.9 Å². The number of likely N-dealkylation sites (tertiary alicyclic amines) is 1. The van der Waals surface area contributed by atoms with Gasteiger partial charge in [-0.1, -0.05) is 36.0 Å². The summed E-state index contributed by atoms with van der Waals surface area (Å²) in [7, 11) is 2.23. The normalized spacial score (nSPS) is 20.2. The van der Waals surface area contributed by atoms with Crippen molar-refractivity contribution in [2.24, 2.45) is 5.92 Å². The van der Waals surface area contributed by atoms with Crippen LogP contribution < -0.4 is 4.90 Å². The molecule has 1 fully saturated rings. The molecule has 115 valence electrons. The first kappa shape index (κ1) is 15.4. The molecule has 4 heteroatoms. The van der Waals surface area contributed by atoms with E-state index in [2.05, 4.69) is 65.4 Å². The molecule has 1 saturated heterocycles. The van der Waals surface area contributed by atoms with Gasteiger partial charge in [0.15, 0.2) is 0 Å². The lowest BCUT2D eigenvalue weighted by atomic mass is 10.1. The van der Waals surface area contributed by atoms with E-state index in [-0.39, 0.29) is 5.48 Å². The summed E-state index contributed by atoms with van der Waals surface area (Å²) in [6, 6.07) is 17.6. The topological polar surface area (TPSA) is 36.5 Å². The second-order valence-electron chi connectivity index (χ2n) is 6.07. The first-order valence-electron chi connectivity index (χ1n) is 7.63. The number of anilines is 2. The Balaban J connectivity index is 0.00000144. The maximum Gasteiger partial charge on any atom is 0.0552 e. The van der Waals surface area contributed by atoms with Crippen molar-refractivity contribution in [3.63, 3.8) is 0 Å². The number of benzene rings is 2. The minimum atomic E-state index is 0. The zero-order chi connectivity index (χ0) is 14.2. The highest BCUT2D eigenvalue weighted by atomic mass is 32.2. The molecule has 0 amide bonds. The van der Waals surface area contributed by atoms with Gasteiger partial charge in [0.1, 0.15) is 0 Å². The van der Waals surface area contributed by atoms with Gasteiger partial charge in [-0.05, 0) is 50.2 Å². The maximum absolute atomic E-state index is 2.53. The van der Waals surface area contributed by atoms with E-state index < -0.39 is 0 Å². The van der Waals surface area contributed by atoms with Crippen LogP contribution in [-0.4, -0.2) is 37.1 Å². The third-order valence-electron chi connectivity index (χ3n) is 4.46. The highest BCUT2D eigenvalue weighted by molar-refractivity contribution is 7.99. The molecule has 0 bridgehead atoms. The fourth-order valence-electron chi connectivity index (χ4n) is 3.41. The fourth-order valence-corrected chi connectivity index (χ4v) is 4.51. The van der Waals surface area contributed by atoms with Crippen molar-refractivity contribution in [2.45, 2.75) is 16.2 Å². The van der Waals surface area contributed by atoms with E-state index in [9.17, 15) is 0 Å². The molecule has 2 aromatic carbocycles. The average Bonchev–Trinajstić information content (AvgIpc) is 2.92. The zero-order valence-electron chi connectivity index (χ0n) is 12.8. The van der Waals surface area contributed by atoms with Gasteiger partial charge in [0.05, 0.1) is 11.4 Å². The Morgan fingerprint density at radius 2 is 1.59 bits per heavy atom. The zero-order valence-corrected chi connectivity index (χ0v) is 13.6. The van der Waals surface area contributed by atoms with E-state index >= 15 is 0 Å². The third-order valence-corrected chi connectivity index (χ3v) is 5.59. The molecule has 4 rings (SSSR count). The highest BCUT2D eigenvalue weighted by Gasteiger charge is 2.27. The van der Waals surface area contributed by atoms with Crippen LogP contribution in [0.4, 0.5) is 11.4 Å². The summed E-state index contributed by atoms with van der Waals surface area (Å²) in [5.41, 5.74) is 2.74. The molecule has 2 heterocycles. The molecule has 0 spiro atoms. The quantitative estimate of drug-likeness (QED) is 0.908. The minimum Gasteiger partial charge on any atom is -0.339 e. The number of para-hydroxylation sites is 2. The monoisotopic (exact) mass is 313 g/mol. The highest BCUT2D eigenvalue weighted by Crippen LogP contribution is 2.48. The van der Waals surface area contributed by atoms with Gasteiger partial charge >= 0.3 is 0 Å². The third kappa shape index (κ3) is 2.74. The molecule has 0 aliphatic carbocycles. The smallest absolute Gasteiger partial charge is 0.0552 e. The largest absolute Gasteiger partial charge is 0.339 e. The van der Waals surface area contributed by atoms with E-state index in [4.69, 9.17) is 0 Å². The predicted molar refractivity (Wildman–Crippen MR) is 91.6 cm³/mol. The lowest BCUT2D eigenvalue weighted by Crippen LogP contribution is -2.28. The second kappa shape index (κ2) is 6.32. The summed E-state index contributed by atoms with van der Waals surface area (Å²) in [4.78, 5) is 7.73. The Morgan fingerprint density at radius 3 is 2.14 bits per heavy atom. The summed E-state index contributed by atoms with van der Waals surface area (Å²) in [5.74, 6) is 0.763. The lowest BCUT2D eigenvalue weighted by molar-refractivity contribution is 0.396. The lowest BCUT2D eigenvalue weighted by Gasteiger charge is -2.34. The molecule has 22 heavy (non-hydrogen) atoms. The van der Waals surface area contributed by atoms with Crippen molar-refractivity contribution in [3.8, 4) is 0 Å². The van der Waals surface area contributed by atoms with E-state index in [0.717, 1.165) is 12.5 Å². The molecular weight excluding hydrogens is 292 g/mol. The van der Waals surface area contributed by atoms with Gasteiger partial charge in [0.25, 0.3) is 0 Å². The van der Waals surface area contributed by atoms with Crippen LogP contribution >= 0.6 is 11.8 Å². The van der Waals surface area contributed by atoms with E-state index in [1.807, 2.05) is 11.8 Å². The van der Waals surface area contributed by atoms with Crippen molar-refractivity contribution < 1.29 is 5.48 Å². The Labute approximate surface area is 136 Å². The van der Waals surface area contributed by atoms with Crippen LogP contribution in [0.25, 0.3) is 0 Å². The van der Waals surface area contributed by atoms with Crippen molar-refractivity contribution >= 4 is 23.1 Å². The number of rotatable bonds is 2. The standard InChI is InChI=1S/C18H20N2S.HO/c1-19-11-10-14(12-19)13-20-15-6-2-4-8-17(15)21-18-9-5-3-7-16(18)20;/h2-9,14H,10-13H2,1H3;1H. The molecule has 1 N–H and O–H groups in total. The number of hydrogen-bond donors (Lipinski definition) is 1. The SMILES string of the molecule is CN1CCC(CN2c3ccccc3Sc3ccccc32)C1.[OH]. The van der Waals surface area contributed by atoms with Crippen LogP contribution in [0.1, 0.15) is 6.42 Å². The Hall–Kier alpha value is -1.49. The average molecular weight is 313 g/mol. The number of nitrogens with zero attached hydrogens (tertiary/aromatic N) is 2. The molecule has 3 nitrogen and oxygen atoms in total. The molecule has 0 saturated carbocycles. The van der Waals surface area contributed by atoms with Crippen LogP contribution in [0.15, 0.2) is 58.3 Å². The molecule has 1 radical (unpaired) electrons. The van der Waals surface area contributed by atoms with Crippen LogP contribution in [0.2, 0.25) is 0 Å². The van der Waals surface area contributed by atoms with Gasteiger partial charge < -0.3 is 9.80 Å². The number of fused-ring (bicyclic) bond motifs is 2. The van der Waals surface area contributed by atoms with Gasteiger partial charge in [-0.25, -0.2) is 0 Å². The van der Waals surface area contributed by atoms with Gasteiger partial charge in [-0.2, -0.15) is 0 Å². The predicted octanol–water partition coefficient (Wildman–Crippen LogP) is 4.06. The molecule has 2 aliphatic heterocycles. The summed E-state index contributed by atoms with van der Waals surface area (Å²) >= 11 is 1.89. The molecule has 1 atom stereocenters. The first-order chi connectivity index (χ1) is 10.3. The summed E-state index contributed by atoms with van der Waals surface area (Å²) in [6.07, 6.45) is 1.31. The van der Waals surface area contributed by atoms with E-state index in [0.29, 0.717) is 0 Å². The van der Waals surface area contributed by atoms with Crippen molar-refractivity contribution in [1.82, 2.24) is 4.90 Å². The van der Waals surface area contributed by atoms with Crippen LogP contribution in [0, 0.1) is 5.92 Å². The second-order valence-corrected chi connectivity index (χ2v) is 7.15. The fraction of sp³-hybridized carbons (Fsp3) is 0.333. The maximum atomic E-state index is 2.53. The Morgan fingerprint density at radius 1 is 1.00 bits per heavy atom. The van der Waals surface area contributed by atoms with Crippen molar-refractivity contribution in [1.29, 1.82) is 0 Å². The molecule has 0 aromatic heterocycles. The van der Waals surface area contributed by atoms with Crippen molar-refractivity contribution in [3.05, 3.63) is 48.5 Å². The van der Waals surface area contributed by atoms with E-state index in [1.165, 1.54) is 40.7 Å². The van der Waals surface area contributed by atoms with E-state index in [1.54, 1.807) is 0 Å². The summed E-state index contributed by atoms with van der Waals surface area (Å²) < 4.78 is 0. The van der Waals surface area contributed by atoms with Gasteiger partial charge in [-0.3, -0.25) is 5.48 Å². The molecule has 2 aromatic rings. The Kier molecular flexibility index (Phi) is 4.43. The Bertz CT molecular complexity index is 616. The first-order valence-corrected chi connectivity index (χ1v) is 8.45. The molecule has 1 unspecified atom stereocenters. The van der Waals surface area contributed by atoms with Crippen LogP contribution in [0.3, 0.4) is 0 Å².